The van der Waals surface area contributed by atoms with Gasteiger partial charge in [0.2, 0.25) is 23.6 Å². The molecule has 0 saturated carbocycles. The molecule has 101 heavy (non-hydrogen) atoms. The maximum absolute atomic E-state index is 12.9. The van der Waals surface area contributed by atoms with E-state index in [0.717, 1.165) is 27.7 Å². The Balaban J connectivity index is 1.13. The van der Waals surface area contributed by atoms with Crippen LogP contribution in [0, 0.1) is 0 Å². The normalized spacial score (nSPS) is 48.3. The summed E-state index contributed by atoms with van der Waals surface area (Å²) < 4.78 is 89.4. The van der Waals surface area contributed by atoms with E-state index < -0.39 is 322 Å². The molecule has 8 aliphatic rings. The molecule has 8 rings (SSSR count). The van der Waals surface area contributed by atoms with Gasteiger partial charge in [-0.15, -0.1) is 0 Å². The zero-order chi connectivity index (χ0) is 74.5. The minimum atomic E-state index is -2.48. The molecule has 0 radical (unpaired) electrons. The van der Waals surface area contributed by atoms with Gasteiger partial charge in [-0.3, -0.25) is 19.2 Å². The highest BCUT2D eigenvalue weighted by molar-refractivity contribution is 5.74. The second kappa shape index (κ2) is 36.4. The summed E-state index contributed by atoms with van der Waals surface area (Å²) in [5, 5.41) is 242. The number of amides is 4. The monoisotopic (exact) mass is 1480 g/mol. The van der Waals surface area contributed by atoms with Crippen LogP contribution in [0.4, 0.5) is 0 Å². The maximum atomic E-state index is 12.9. The lowest BCUT2D eigenvalue weighted by Gasteiger charge is -2.51. The Kier molecular flexibility index (Phi) is 29.9. The summed E-state index contributed by atoms with van der Waals surface area (Å²) in [5.41, 5.74) is 0. The SMILES string of the molecule is CC(=O)NC1C(C)OC(CO)[C@@H](OC2OC(CO)[C@@H](O[C@@H]3OC(CO[C@H]4OC(CO)[C@@H](O)C(O)[C@H]4O[C@@H]4O[C@@H](CO)[C@@H](O[C@@H]5OC(CO)[C@H](O)C(O)[C@@H]5O)C(O)C4NC(C)=O)[C@@H](O)C(OC4O[C@H](CO)[C@@H](O)C(O)C4O[C@@H]4OC(CO)[C@@H](O)[C@H](O)C4NC(C)=O)[C@H]3O)C(O)C2NC(C)=O)C1O. The lowest BCUT2D eigenvalue weighted by Crippen LogP contribution is -2.70. The molecule has 25 N–H and O–H groups in total. The summed E-state index contributed by atoms with van der Waals surface area (Å²) in [6.45, 7) is -2.66. The molecule has 44 nitrogen and oxygen atoms in total. The molecule has 0 spiro atoms. The Bertz CT molecular complexity index is 2640. The van der Waals surface area contributed by atoms with Crippen LogP contribution in [0.2, 0.25) is 0 Å². The van der Waals surface area contributed by atoms with Crippen LogP contribution in [0.5, 0.6) is 0 Å². The Morgan fingerprint density at radius 3 is 0.980 bits per heavy atom. The molecule has 4 amide bonds. The first-order valence-electron chi connectivity index (χ1n) is 32.4. The lowest BCUT2D eigenvalue weighted by atomic mass is 9.92. The van der Waals surface area contributed by atoms with Crippen LogP contribution in [-0.2, 0) is 90.2 Å². The number of hydrogen-bond donors (Lipinski definition) is 25. The van der Waals surface area contributed by atoms with Crippen molar-refractivity contribution < 1.29 is 197 Å². The van der Waals surface area contributed by atoms with Gasteiger partial charge in [0.15, 0.2) is 44.0 Å². The second-order valence-electron chi connectivity index (χ2n) is 25.7. The molecule has 0 aromatic rings. The van der Waals surface area contributed by atoms with Crippen molar-refractivity contribution in [2.45, 2.75) is 280 Å². The van der Waals surface area contributed by atoms with Gasteiger partial charge in [-0.1, -0.05) is 0 Å². The Morgan fingerprint density at radius 1 is 0.267 bits per heavy atom. The van der Waals surface area contributed by atoms with Crippen LogP contribution in [0.3, 0.4) is 0 Å². The summed E-state index contributed by atoms with van der Waals surface area (Å²) in [5.74, 6) is -3.23. The van der Waals surface area contributed by atoms with Crippen LogP contribution in [0.25, 0.3) is 0 Å². The largest absolute Gasteiger partial charge is 0.394 e. The highest BCUT2D eigenvalue weighted by Crippen LogP contribution is 2.39. The second-order valence-corrected chi connectivity index (χ2v) is 25.7. The lowest BCUT2D eigenvalue weighted by molar-refractivity contribution is -0.396. The van der Waals surface area contributed by atoms with E-state index in [1.165, 1.54) is 6.92 Å². The summed E-state index contributed by atoms with van der Waals surface area (Å²) in [7, 11) is 0. The fourth-order valence-corrected chi connectivity index (χ4v) is 13.2. The van der Waals surface area contributed by atoms with E-state index >= 15 is 0 Å². The van der Waals surface area contributed by atoms with Crippen LogP contribution in [0.1, 0.15) is 34.6 Å². The highest BCUT2D eigenvalue weighted by Gasteiger charge is 2.60. The number of carbonyl (C=O) groups excluding carboxylic acids is 4. The molecule has 8 saturated heterocycles. The average molecular weight is 1480 g/mol. The quantitative estimate of drug-likeness (QED) is 0.0382. The van der Waals surface area contributed by atoms with Crippen LogP contribution < -0.4 is 21.3 Å². The Labute approximate surface area is 573 Å². The smallest absolute Gasteiger partial charge is 0.217 e. The van der Waals surface area contributed by atoms with Crippen molar-refractivity contribution in [1.82, 2.24) is 21.3 Å². The molecule has 0 aliphatic carbocycles. The van der Waals surface area contributed by atoms with E-state index in [-0.39, 0.29) is 0 Å². The third-order valence-corrected chi connectivity index (χ3v) is 18.5. The maximum Gasteiger partial charge on any atom is 0.217 e. The zero-order valence-corrected chi connectivity index (χ0v) is 54.9. The van der Waals surface area contributed by atoms with Gasteiger partial charge in [0.05, 0.1) is 65.0 Å². The van der Waals surface area contributed by atoms with E-state index in [2.05, 4.69) is 21.3 Å². The number of rotatable bonds is 26. The molecule has 8 fully saturated rings. The van der Waals surface area contributed by atoms with Crippen molar-refractivity contribution in [1.29, 1.82) is 0 Å². The van der Waals surface area contributed by atoms with Crippen LogP contribution in [-0.4, -0.2) is 429 Å². The van der Waals surface area contributed by atoms with Gasteiger partial charge in [0.1, 0.15) is 189 Å². The van der Waals surface area contributed by atoms with E-state index in [9.17, 15) is 126 Å². The third-order valence-electron chi connectivity index (χ3n) is 18.5. The summed E-state index contributed by atoms with van der Waals surface area (Å²) in [6.07, 6.45) is -71.1. The van der Waals surface area contributed by atoms with E-state index in [1.54, 1.807) is 0 Å². The van der Waals surface area contributed by atoms with Crippen molar-refractivity contribution in [2.75, 3.05) is 52.9 Å². The predicted molar refractivity (Wildman–Crippen MR) is 314 cm³/mol. The molecule has 0 aromatic heterocycles. The minimum absolute atomic E-state index is 0.609. The van der Waals surface area contributed by atoms with Gasteiger partial charge in [-0.2, -0.15) is 0 Å². The van der Waals surface area contributed by atoms with Gasteiger partial charge < -0.3 is 200 Å². The van der Waals surface area contributed by atoms with Crippen LogP contribution in [0.15, 0.2) is 0 Å². The van der Waals surface area contributed by atoms with Crippen molar-refractivity contribution in [3.8, 4) is 0 Å². The number of aliphatic hydroxyl groups is 21. The number of nitrogens with one attached hydrogen (secondary N) is 4. The standard InChI is InChI=1S/C57H96N4O40/c1-14-27(58-15(2)69)37(79)45(23(10-66)88-14)96-52-29(60-17(4)71)38(80)47(25(12-68)93-52)98-55-44(86)48(99-57-50(42(84)34(76)22(9-65)92-57)101-51-28(59-16(3)70)36(78)31(73)19(6-62)89-51)35(77)26(95-55)13-87-56-49(41(83)33(75)21(8-64)91-56)100-53-30(61-18(5)72)39(81)46(24(11-67)94-53)97-54-43(85)40(82)32(74)20(7-63)90-54/h14,19-57,62-68,73-86H,6-13H2,1-5H3,(H,58,69)(H,59,70)(H,60,71)(H,61,72)/t14?,19?,20?,21?,22-,23?,24+,25?,26?,27?,28?,29?,30?,31-,32+,33-,34-,35-,36-,37?,38?,39?,40?,41?,42?,43+,44-,45-,46-,47-,48?,49-,50?,51+,52?,53+,54+,55+,56+,57?/m1/s1. The minimum Gasteiger partial charge on any atom is -0.394 e. The summed E-state index contributed by atoms with van der Waals surface area (Å²) >= 11 is 0. The summed E-state index contributed by atoms with van der Waals surface area (Å²) in [6, 6.07) is -6.60. The first kappa shape index (κ1) is 83.1. The molecule has 0 bridgehead atoms. The van der Waals surface area contributed by atoms with Crippen molar-refractivity contribution in [3.63, 3.8) is 0 Å². The van der Waals surface area contributed by atoms with Crippen LogP contribution >= 0.6 is 0 Å². The topological polar surface area (TPSA) is 680 Å². The molecular weight excluding hydrogens is 1380 g/mol. The number of aliphatic hydroxyl groups excluding tert-OH is 21. The Hall–Kier alpha value is -3.56. The molecule has 40 atom stereocenters. The Morgan fingerprint density at radius 2 is 0.554 bits per heavy atom. The molecule has 44 heteroatoms. The highest BCUT2D eigenvalue weighted by atomic mass is 16.8. The third kappa shape index (κ3) is 18.5. The zero-order valence-electron chi connectivity index (χ0n) is 54.9. The van der Waals surface area contributed by atoms with Crippen molar-refractivity contribution in [3.05, 3.63) is 0 Å². The average Bonchev–Trinajstić information content (AvgIpc) is 0.774. The van der Waals surface area contributed by atoms with E-state index in [0.29, 0.717) is 0 Å². The fourth-order valence-electron chi connectivity index (χ4n) is 13.2. The van der Waals surface area contributed by atoms with Gasteiger partial charge in [-0.25, -0.2) is 0 Å². The van der Waals surface area contributed by atoms with E-state index in [4.69, 9.17) is 71.1 Å². The van der Waals surface area contributed by atoms with Crippen molar-refractivity contribution >= 4 is 23.6 Å². The van der Waals surface area contributed by atoms with Gasteiger partial charge in [-0.05, 0) is 6.92 Å². The molecule has 8 aliphatic heterocycles. The molecule has 584 valence electrons. The summed E-state index contributed by atoms with van der Waals surface area (Å²) in [4.78, 5) is 50.4. The number of hydrogen-bond acceptors (Lipinski definition) is 40. The fraction of sp³-hybridized carbons (Fsp3) is 0.930. The predicted octanol–water partition coefficient (Wildman–Crippen LogP) is -16.8. The van der Waals surface area contributed by atoms with Gasteiger partial charge in [0, 0.05) is 27.7 Å². The van der Waals surface area contributed by atoms with Gasteiger partial charge in [0.25, 0.3) is 0 Å². The molecular formula is C57H96N4O40. The van der Waals surface area contributed by atoms with Gasteiger partial charge >= 0.3 is 0 Å². The first-order chi connectivity index (χ1) is 47.8. The van der Waals surface area contributed by atoms with Crippen molar-refractivity contribution in [2.24, 2.45) is 0 Å². The van der Waals surface area contributed by atoms with E-state index in [1.807, 2.05) is 0 Å². The molecule has 21 unspecified atom stereocenters. The molecule has 0 aromatic carbocycles. The first-order valence-corrected chi connectivity index (χ1v) is 32.4. The number of ether oxygens (including phenoxy) is 15. The number of carbonyl (C=O) groups is 4. The molecule has 8 heterocycles.